The second kappa shape index (κ2) is 10.5. The fourth-order valence-corrected chi connectivity index (χ4v) is 4.57. The van der Waals surface area contributed by atoms with Gasteiger partial charge in [0, 0.05) is 8.95 Å². The number of benzene rings is 4. The normalized spacial score (nSPS) is 10.2. The zero-order valence-electron chi connectivity index (χ0n) is 18.4. The summed E-state index contributed by atoms with van der Waals surface area (Å²) in [6, 6.07) is 26.0. The number of rotatable bonds is 4. The maximum Gasteiger partial charge on any atom is 0.338 e. The second-order valence-corrected chi connectivity index (χ2v) is 9.14. The molecule has 0 saturated carbocycles. The van der Waals surface area contributed by atoms with Gasteiger partial charge < -0.3 is 10.2 Å². The minimum atomic E-state index is -0.690. The van der Waals surface area contributed by atoms with Gasteiger partial charge in [0.25, 0.3) is 0 Å². The first-order valence-electron chi connectivity index (χ1n) is 10.5. The van der Waals surface area contributed by atoms with Crippen LogP contribution < -0.4 is 9.80 Å². The number of amides is 2. The third-order valence-electron chi connectivity index (χ3n) is 5.32. The lowest BCUT2D eigenvalue weighted by Crippen LogP contribution is -2.38. The summed E-state index contributed by atoms with van der Waals surface area (Å²) in [5.41, 5.74) is 0.740. The molecule has 0 radical (unpaired) electrons. The predicted molar refractivity (Wildman–Crippen MR) is 144 cm³/mol. The molecule has 4 aromatic rings. The summed E-state index contributed by atoms with van der Waals surface area (Å²) < 4.78 is 1.22. The average Bonchev–Trinajstić information content (AvgIpc) is 2.88. The third kappa shape index (κ3) is 4.50. The molecule has 2 N–H and O–H groups in total. The summed E-state index contributed by atoms with van der Waals surface area (Å²) in [5.74, 6) is -0.899. The van der Waals surface area contributed by atoms with Gasteiger partial charge in [-0.05, 0) is 80.4 Å². The summed E-state index contributed by atoms with van der Waals surface area (Å²) in [5, 5.41) is 40.8. The Bertz CT molecular complexity index is 1450. The Hall–Kier alpha value is -4.31. The zero-order valence-corrected chi connectivity index (χ0v) is 21.6. The molecule has 0 fully saturated rings. The summed E-state index contributed by atoms with van der Waals surface area (Å²) in [7, 11) is 0. The van der Waals surface area contributed by atoms with Crippen molar-refractivity contribution in [1.82, 2.24) is 0 Å². The van der Waals surface area contributed by atoms with Crippen LogP contribution in [0.3, 0.4) is 0 Å². The van der Waals surface area contributed by atoms with Crippen molar-refractivity contribution in [3.63, 3.8) is 0 Å². The molecule has 0 atom stereocenters. The van der Waals surface area contributed by atoms with E-state index in [1.807, 2.05) is 12.1 Å². The van der Waals surface area contributed by atoms with Crippen LogP contribution in [-0.2, 0) is 0 Å². The van der Waals surface area contributed by atoms with E-state index in [0.717, 1.165) is 4.90 Å². The monoisotopic (exact) mass is 602 g/mol. The minimum absolute atomic E-state index is 0.0476. The number of urea groups is 1. The van der Waals surface area contributed by atoms with Gasteiger partial charge in [0.2, 0.25) is 0 Å². The van der Waals surface area contributed by atoms with Gasteiger partial charge in [0.05, 0.1) is 33.9 Å². The summed E-state index contributed by atoms with van der Waals surface area (Å²) in [6.45, 7) is 0. The van der Waals surface area contributed by atoms with E-state index >= 15 is 0 Å². The van der Waals surface area contributed by atoms with Crippen LogP contribution in [0.15, 0.2) is 93.9 Å². The fourth-order valence-electron chi connectivity index (χ4n) is 3.64. The number of para-hydroxylation sites is 4. The van der Waals surface area contributed by atoms with Gasteiger partial charge in [-0.15, -0.1) is 0 Å². The van der Waals surface area contributed by atoms with Gasteiger partial charge in [0.15, 0.2) is 11.5 Å². The molecule has 0 heterocycles. The van der Waals surface area contributed by atoms with Crippen molar-refractivity contribution < 1.29 is 15.0 Å². The molecule has 7 nitrogen and oxygen atoms in total. The van der Waals surface area contributed by atoms with E-state index in [4.69, 9.17) is 0 Å². The highest BCUT2D eigenvalue weighted by Crippen LogP contribution is 2.44. The van der Waals surface area contributed by atoms with Crippen LogP contribution in [0.2, 0.25) is 0 Å². The zero-order chi connectivity index (χ0) is 25.8. The highest BCUT2D eigenvalue weighted by molar-refractivity contribution is 9.11. The Labute approximate surface area is 223 Å². The molecule has 0 saturated heterocycles. The molecule has 4 aromatic carbocycles. The van der Waals surface area contributed by atoms with Crippen molar-refractivity contribution in [1.29, 1.82) is 10.5 Å². The van der Waals surface area contributed by atoms with Gasteiger partial charge >= 0.3 is 6.03 Å². The number of nitrogens with zero attached hydrogens (tertiary/aromatic N) is 4. The number of carbonyl (C=O) groups excluding carboxylic acids is 1. The standard InChI is InChI=1S/C27H16Br2N4O3/c28-19-9-1-3-11-21(19)32(22-12-4-2-10-20(22)29)27(36)33(23-13-5-7-17(15-30)25(23)34)24-14-6-8-18(16-31)26(24)35/h1-14,34-35H. The summed E-state index contributed by atoms with van der Waals surface area (Å²) in [6.07, 6.45) is 0. The molecule has 4 rings (SSSR count). The predicted octanol–water partition coefficient (Wildman–Crippen LogP) is 7.46. The van der Waals surface area contributed by atoms with Crippen molar-refractivity contribution in [2.45, 2.75) is 0 Å². The SMILES string of the molecule is N#Cc1cccc(N(C(=O)N(c2ccccc2Br)c2ccccc2Br)c2cccc(C#N)c2O)c1O. The highest BCUT2D eigenvalue weighted by atomic mass is 79.9. The maximum atomic E-state index is 14.5. The molecule has 0 bridgehead atoms. The topological polar surface area (TPSA) is 112 Å². The van der Waals surface area contributed by atoms with Crippen molar-refractivity contribution in [3.05, 3.63) is 105 Å². The molecule has 9 heteroatoms. The largest absolute Gasteiger partial charge is 0.504 e. The van der Waals surface area contributed by atoms with E-state index in [-0.39, 0.29) is 22.5 Å². The molecule has 36 heavy (non-hydrogen) atoms. The van der Waals surface area contributed by atoms with E-state index in [1.54, 1.807) is 48.5 Å². The van der Waals surface area contributed by atoms with Crippen LogP contribution in [0.4, 0.5) is 27.5 Å². The average molecular weight is 604 g/mol. The van der Waals surface area contributed by atoms with Crippen molar-refractivity contribution in [3.8, 4) is 23.6 Å². The lowest BCUT2D eigenvalue weighted by Gasteiger charge is -2.32. The quantitative estimate of drug-likeness (QED) is 0.251. The van der Waals surface area contributed by atoms with Crippen molar-refractivity contribution in [2.75, 3.05) is 9.80 Å². The lowest BCUT2D eigenvalue weighted by atomic mass is 10.1. The molecule has 0 aliphatic rings. The van der Waals surface area contributed by atoms with Crippen LogP contribution in [-0.4, -0.2) is 16.2 Å². The van der Waals surface area contributed by atoms with Crippen LogP contribution in [0.1, 0.15) is 11.1 Å². The van der Waals surface area contributed by atoms with Gasteiger partial charge in [-0.3, -0.25) is 9.80 Å². The second-order valence-electron chi connectivity index (χ2n) is 7.43. The molecule has 2 amide bonds. The van der Waals surface area contributed by atoms with Crippen molar-refractivity contribution >= 4 is 60.6 Å². The number of phenolic OH excluding ortho intramolecular Hbond substituents is 2. The first kappa shape index (κ1) is 24.8. The maximum absolute atomic E-state index is 14.5. The number of nitriles is 2. The number of hydrogen-bond donors (Lipinski definition) is 2. The van der Waals surface area contributed by atoms with Crippen LogP contribution in [0.25, 0.3) is 0 Å². The number of hydrogen-bond acceptors (Lipinski definition) is 5. The van der Waals surface area contributed by atoms with E-state index < -0.39 is 17.5 Å². The van der Waals surface area contributed by atoms with Crippen LogP contribution >= 0.6 is 31.9 Å². The van der Waals surface area contributed by atoms with Crippen LogP contribution in [0, 0.1) is 22.7 Å². The minimum Gasteiger partial charge on any atom is -0.504 e. The molecule has 0 aromatic heterocycles. The molecular formula is C27H16Br2N4O3. The number of phenols is 2. The Morgan fingerprint density at radius 3 is 1.36 bits per heavy atom. The Balaban J connectivity index is 2.05. The number of halogens is 2. The molecule has 0 spiro atoms. The fraction of sp³-hybridized carbons (Fsp3) is 0. The molecule has 0 unspecified atom stereocenters. The van der Waals surface area contributed by atoms with E-state index in [1.165, 1.54) is 41.3 Å². The Morgan fingerprint density at radius 2 is 0.972 bits per heavy atom. The summed E-state index contributed by atoms with van der Waals surface area (Å²) >= 11 is 7.02. The number of anilines is 4. The first-order valence-corrected chi connectivity index (χ1v) is 12.0. The van der Waals surface area contributed by atoms with Gasteiger partial charge in [-0.25, -0.2) is 4.79 Å². The number of carbonyl (C=O) groups is 1. The smallest absolute Gasteiger partial charge is 0.338 e. The highest BCUT2D eigenvalue weighted by Gasteiger charge is 2.33. The molecule has 176 valence electrons. The van der Waals surface area contributed by atoms with E-state index in [0.29, 0.717) is 20.3 Å². The molecule has 0 aliphatic heterocycles. The van der Waals surface area contributed by atoms with Gasteiger partial charge in [-0.1, -0.05) is 36.4 Å². The Morgan fingerprint density at radius 1 is 0.611 bits per heavy atom. The number of aromatic hydroxyl groups is 2. The Kier molecular flexibility index (Phi) is 7.25. The van der Waals surface area contributed by atoms with Crippen LogP contribution in [0.5, 0.6) is 11.5 Å². The molecule has 0 aliphatic carbocycles. The summed E-state index contributed by atoms with van der Waals surface area (Å²) in [4.78, 5) is 16.9. The lowest BCUT2D eigenvalue weighted by molar-refractivity contribution is 0.255. The van der Waals surface area contributed by atoms with E-state index in [2.05, 4.69) is 31.9 Å². The van der Waals surface area contributed by atoms with Crippen molar-refractivity contribution in [2.24, 2.45) is 0 Å². The molecular weight excluding hydrogens is 588 g/mol. The van der Waals surface area contributed by atoms with Gasteiger partial charge in [-0.2, -0.15) is 10.5 Å². The van der Waals surface area contributed by atoms with Gasteiger partial charge in [0.1, 0.15) is 12.1 Å². The third-order valence-corrected chi connectivity index (χ3v) is 6.66. The first-order chi connectivity index (χ1) is 17.4. The van der Waals surface area contributed by atoms with E-state index in [9.17, 15) is 25.5 Å².